The molecule has 0 saturated heterocycles. The first-order valence-corrected chi connectivity index (χ1v) is 12.5. The van der Waals surface area contributed by atoms with Crippen molar-refractivity contribution >= 4 is 22.4 Å². The van der Waals surface area contributed by atoms with Crippen molar-refractivity contribution in [3.8, 4) is 11.8 Å². The number of anilines is 2. The summed E-state index contributed by atoms with van der Waals surface area (Å²) in [5, 5.41) is 9.87. The van der Waals surface area contributed by atoms with E-state index in [1.165, 1.54) is 23.1 Å². The number of aromatic nitrogens is 2. The molecule has 0 N–H and O–H groups in total. The Kier molecular flexibility index (Phi) is 6.38. The fraction of sp³-hybridized carbons (Fsp3) is 0.464. The fourth-order valence-corrected chi connectivity index (χ4v) is 5.56. The van der Waals surface area contributed by atoms with Crippen LogP contribution in [0.5, 0.6) is 5.75 Å². The summed E-state index contributed by atoms with van der Waals surface area (Å²) in [6, 6.07) is 15.0. The van der Waals surface area contributed by atoms with Crippen molar-refractivity contribution < 1.29 is 4.74 Å². The van der Waals surface area contributed by atoms with Gasteiger partial charge in [0.2, 0.25) is 0 Å². The molecule has 2 saturated carbocycles. The number of benzene rings is 1. The van der Waals surface area contributed by atoms with Gasteiger partial charge in [-0.15, -0.1) is 0 Å². The van der Waals surface area contributed by atoms with Gasteiger partial charge in [0.1, 0.15) is 22.9 Å². The number of hydrogen-bond donors (Lipinski definition) is 0. The number of nitrogens with zero attached hydrogens (tertiary/aromatic N) is 5. The first kappa shape index (κ1) is 23.2. The molecule has 1 aromatic carbocycles. The largest absolute Gasteiger partial charge is 0.497 e. The van der Waals surface area contributed by atoms with E-state index in [1.807, 2.05) is 25.2 Å². The van der Waals surface area contributed by atoms with Crippen molar-refractivity contribution in [1.82, 2.24) is 9.55 Å². The van der Waals surface area contributed by atoms with Crippen LogP contribution in [0.2, 0.25) is 0 Å². The highest BCUT2D eigenvalue weighted by atomic mass is 16.5. The molecule has 2 aliphatic rings. The molecule has 7 nitrogen and oxygen atoms in total. The van der Waals surface area contributed by atoms with Crippen molar-refractivity contribution in [3.63, 3.8) is 0 Å². The Morgan fingerprint density at radius 3 is 2.54 bits per heavy atom. The van der Waals surface area contributed by atoms with Gasteiger partial charge in [-0.2, -0.15) is 5.26 Å². The van der Waals surface area contributed by atoms with Gasteiger partial charge in [-0.05, 0) is 68.7 Å². The average Bonchev–Trinajstić information content (AvgIpc) is 3.73. The molecule has 182 valence electrons. The zero-order chi connectivity index (χ0) is 24.5. The van der Waals surface area contributed by atoms with E-state index in [0.717, 1.165) is 49.4 Å². The van der Waals surface area contributed by atoms with Gasteiger partial charge in [0, 0.05) is 50.7 Å². The lowest BCUT2D eigenvalue weighted by Crippen LogP contribution is -2.44. The molecule has 2 aliphatic carbocycles. The molecule has 0 unspecified atom stereocenters. The lowest BCUT2D eigenvalue weighted by atomic mass is 9.88. The Hall–Kier alpha value is -3.53. The van der Waals surface area contributed by atoms with Crippen LogP contribution in [0.25, 0.3) is 11.0 Å². The second-order valence-electron chi connectivity index (χ2n) is 9.94. The van der Waals surface area contributed by atoms with E-state index in [9.17, 15) is 10.1 Å². The molecule has 35 heavy (non-hydrogen) atoms. The monoisotopic (exact) mass is 471 g/mol. The molecule has 0 amide bonds. The first-order chi connectivity index (χ1) is 17.0. The van der Waals surface area contributed by atoms with Crippen LogP contribution < -0.4 is 20.1 Å². The molecule has 7 heteroatoms. The molecule has 3 aromatic rings. The molecular weight excluding hydrogens is 438 g/mol. The van der Waals surface area contributed by atoms with Gasteiger partial charge >= 0.3 is 0 Å². The molecular formula is C28H33N5O2. The van der Waals surface area contributed by atoms with Crippen LogP contribution in [-0.4, -0.2) is 42.3 Å². The van der Waals surface area contributed by atoms with E-state index in [2.05, 4.69) is 39.1 Å². The highest BCUT2D eigenvalue weighted by Crippen LogP contribution is 2.38. The number of hydrogen-bond acceptors (Lipinski definition) is 6. The Bertz CT molecular complexity index is 1320. The second-order valence-corrected chi connectivity index (χ2v) is 9.94. The third-order valence-corrected chi connectivity index (χ3v) is 7.78. The summed E-state index contributed by atoms with van der Waals surface area (Å²) >= 11 is 0. The number of fused-ring (bicyclic) bond motifs is 1. The normalized spacial score (nSPS) is 19.8. The molecule has 2 heterocycles. The van der Waals surface area contributed by atoms with Crippen LogP contribution in [0.4, 0.5) is 11.4 Å². The molecule has 2 fully saturated rings. The molecule has 5 rings (SSSR count). The lowest BCUT2D eigenvalue weighted by molar-refractivity contribution is 0.364. The molecule has 2 aromatic heterocycles. The van der Waals surface area contributed by atoms with E-state index < -0.39 is 0 Å². The number of rotatable bonds is 7. The highest BCUT2D eigenvalue weighted by molar-refractivity contribution is 5.91. The molecule has 0 radical (unpaired) electrons. The quantitative estimate of drug-likeness (QED) is 0.506. The molecule has 0 aliphatic heterocycles. The maximum atomic E-state index is 13.0. The molecule has 0 bridgehead atoms. The minimum atomic E-state index is -0.267. The Balaban J connectivity index is 1.39. The third kappa shape index (κ3) is 4.45. The van der Waals surface area contributed by atoms with Gasteiger partial charge in [-0.3, -0.25) is 9.78 Å². The summed E-state index contributed by atoms with van der Waals surface area (Å²) in [5.41, 5.74) is 3.27. The zero-order valence-corrected chi connectivity index (χ0v) is 20.8. The number of nitriles is 1. The van der Waals surface area contributed by atoms with Crippen LogP contribution in [0.3, 0.4) is 0 Å². The van der Waals surface area contributed by atoms with Crippen molar-refractivity contribution in [1.29, 1.82) is 5.26 Å². The number of aryl methyl sites for hydroxylation is 1. The van der Waals surface area contributed by atoms with Crippen LogP contribution >= 0.6 is 0 Å². The van der Waals surface area contributed by atoms with Gasteiger partial charge in [-0.1, -0.05) is 6.07 Å². The minimum absolute atomic E-state index is 0.176. The van der Waals surface area contributed by atoms with Gasteiger partial charge in [0.25, 0.3) is 5.56 Å². The van der Waals surface area contributed by atoms with Gasteiger partial charge in [0.05, 0.1) is 18.3 Å². The van der Waals surface area contributed by atoms with Crippen LogP contribution in [0.1, 0.15) is 44.1 Å². The minimum Gasteiger partial charge on any atom is -0.497 e. The SMILES string of the molecule is COc1cccc(N(CC2CC2)[C@H]2CC[C@@H](N(C)c3c(C#N)c(=O)n(C)c4cccnc34)CC2)c1. The summed E-state index contributed by atoms with van der Waals surface area (Å²) in [5.74, 6) is 1.68. The predicted octanol–water partition coefficient (Wildman–Crippen LogP) is 4.48. The van der Waals surface area contributed by atoms with E-state index in [-0.39, 0.29) is 17.2 Å². The topological polar surface area (TPSA) is 74.4 Å². The number of pyridine rings is 2. The smallest absolute Gasteiger partial charge is 0.270 e. The van der Waals surface area contributed by atoms with Gasteiger partial charge in [-0.25, -0.2) is 0 Å². The van der Waals surface area contributed by atoms with Crippen LogP contribution in [0, 0.1) is 17.2 Å². The molecule has 0 spiro atoms. The van der Waals surface area contributed by atoms with Crippen LogP contribution in [-0.2, 0) is 7.05 Å². The van der Waals surface area contributed by atoms with E-state index in [4.69, 9.17) is 4.74 Å². The van der Waals surface area contributed by atoms with Crippen molar-refractivity contribution in [2.75, 3.05) is 30.5 Å². The number of methoxy groups -OCH3 is 1. The maximum Gasteiger partial charge on any atom is 0.270 e. The van der Waals surface area contributed by atoms with Crippen molar-refractivity contribution in [2.45, 2.75) is 50.6 Å². The summed E-state index contributed by atoms with van der Waals surface area (Å²) < 4.78 is 7.02. The second kappa shape index (κ2) is 9.61. The van der Waals surface area contributed by atoms with Gasteiger partial charge in [0.15, 0.2) is 0 Å². The number of ether oxygens (including phenoxy) is 1. The van der Waals surface area contributed by atoms with E-state index in [0.29, 0.717) is 17.2 Å². The Labute approximate surface area is 206 Å². The zero-order valence-electron chi connectivity index (χ0n) is 20.8. The summed E-state index contributed by atoms with van der Waals surface area (Å²) in [6.45, 7) is 1.10. The lowest BCUT2D eigenvalue weighted by Gasteiger charge is -2.41. The first-order valence-electron chi connectivity index (χ1n) is 12.5. The van der Waals surface area contributed by atoms with E-state index >= 15 is 0 Å². The fourth-order valence-electron chi connectivity index (χ4n) is 5.56. The Morgan fingerprint density at radius 1 is 1.11 bits per heavy atom. The summed E-state index contributed by atoms with van der Waals surface area (Å²) in [6.07, 6.45) is 8.50. The molecule has 0 atom stereocenters. The van der Waals surface area contributed by atoms with E-state index in [1.54, 1.807) is 20.4 Å². The highest BCUT2D eigenvalue weighted by Gasteiger charge is 2.33. The average molecular weight is 472 g/mol. The third-order valence-electron chi connectivity index (χ3n) is 7.78. The predicted molar refractivity (Wildman–Crippen MR) is 139 cm³/mol. The summed E-state index contributed by atoms with van der Waals surface area (Å²) in [4.78, 5) is 22.3. The standard InChI is InChI=1S/C28H33N5O2/c1-31(27-24(17-29)28(34)32(2)25-8-5-15-30-26(25)27)20-11-13-21(14-12-20)33(18-19-9-10-19)22-6-4-7-23(16-22)35-3/h4-8,15-16,19-21H,9-14,18H2,1-3H3/t20-,21+. The Morgan fingerprint density at radius 2 is 1.86 bits per heavy atom. The van der Waals surface area contributed by atoms with Crippen molar-refractivity contribution in [2.24, 2.45) is 13.0 Å². The van der Waals surface area contributed by atoms with Gasteiger partial charge < -0.3 is 19.1 Å². The maximum absolute atomic E-state index is 13.0. The summed E-state index contributed by atoms with van der Waals surface area (Å²) in [7, 11) is 5.43. The van der Waals surface area contributed by atoms with Crippen molar-refractivity contribution in [3.05, 3.63) is 58.5 Å². The van der Waals surface area contributed by atoms with Crippen LogP contribution in [0.15, 0.2) is 47.4 Å².